The van der Waals surface area contributed by atoms with E-state index in [0.29, 0.717) is 5.41 Å². The Balaban J connectivity index is 2.46. The lowest BCUT2D eigenvalue weighted by molar-refractivity contribution is -0.132. The zero-order valence-corrected chi connectivity index (χ0v) is 12.2. The van der Waals surface area contributed by atoms with Crippen LogP contribution in [-0.2, 0) is 4.79 Å². The number of rotatable bonds is 4. The zero-order valence-electron chi connectivity index (χ0n) is 11.4. The second-order valence-electron chi connectivity index (χ2n) is 5.73. The number of thioether (sulfide) groups is 1. The van der Waals surface area contributed by atoms with E-state index in [9.17, 15) is 4.79 Å². The number of carbonyl (C=O) groups excluding carboxylic acids is 1. The van der Waals surface area contributed by atoms with E-state index in [1.807, 2.05) is 11.2 Å². The first-order valence-electron chi connectivity index (χ1n) is 6.49. The molecule has 17 heavy (non-hydrogen) atoms. The molecule has 1 amide bonds. The van der Waals surface area contributed by atoms with Gasteiger partial charge >= 0.3 is 0 Å². The molecule has 0 spiro atoms. The molecule has 1 aliphatic heterocycles. The van der Waals surface area contributed by atoms with E-state index in [1.54, 1.807) is 11.8 Å². The summed E-state index contributed by atoms with van der Waals surface area (Å²) in [5.41, 5.74) is 6.32. The summed E-state index contributed by atoms with van der Waals surface area (Å²) >= 11 is 1.75. The van der Waals surface area contributed by atoms with Crippen LogP contribution in [0.1, 0.15) is 39.5 Å². The summed E-state index contributed by atoms with van der Waals surface area (Å²) in [7, 11) is 0. The van der Waals surface area contributed by atoms with E-state index in [0.717, 1.165) is 38.1 Å². The molecule has 1 heterocycles. The summed E-state index contributed by atoms with van der Waals surface area (Å²) in [5.74, 6) is 1.11. The Kier molecular flexibility index (Phi) is 5.80. The molecule has 3 nitrogen and oxygen atoms in total. The van der Waals surface area contributed by atoms with Gasteiger partial charge in [0.1, 0.15) is 0 Å². The first kappa shape index (κ1) is 14.8. The fourth-order valence-corrected chi connectivity index (χ4v) is 2.74. The minimum Gasteiger partial charge on any atom is -0.341 e. The standard InChI is InChI=1S/C13H26N2OS/c1-13(2)6-4-8-15(9-7-13)12(16)11(14)5-10-17-3/h11H,4-10,14H2,1-3H3/t11-/m1/s1. The maximum Gasteiger partial charge on any atom is 0.239 e. The predicted molar refractivity (Wildman–Crippen MR) is 75.2 cm³/mol. The van der Waals surface area contributed by atoms with Crippen molar-refractivity contribution in [3.05, 3.63) is 0 Å². The molecule has 1 fully saturated rings. The molecule has 2 N–H and O–H groups in total. The highest BCUT2D eigenvalue weighted by Gasteiger charge is 2.27. The van der Waals surface area contributed by atoms with Gasteiger partial charge in [-0.25, -0.2) is 0 Å². The van der Waals surface area contributed by atoms with Gasteiger partial charge in [-0.3, -0.25) is 4.79 Å². The first-order valence-corrected chi connectivity index (χ1v) is 7.89. The molecule has 1 aliphatic rings. The highest BCUT2D eigenvalue weighted by Crippen LogP contribution is 2.29. The van der Waals surface area contributed by atoms with Crippen molar-refractivity contribution in [1.82, 2.24) is 4.90 Å². The Labute approximate surface area is 109 Å². The molecular formula is C13H26N2OS. The van der Waals surface area contributed by atoms with Gasteiger partial charge in [0.25, 0.3) is 0 Å². The molecule has 0 saturated carbocycles. The number of hydrogen-bond acceptors (Lipinski definition) is 3. The maximum absolute atomic E-state index is 12.2. The molecule has 1 atom stereocenters. The van der Waals surface area contributed by atoms with Gasteiger partial charge in [-0.05, 0) is 43.1 Å². The van der Waals surface area contributed by atoms with Crippen LogP contribution in [0.5, 0.6) is 0 Å². The summed E-state index contributed by atoms with van der Waals surface area (Å²) in [6.07, 6.45) is 6.24. The Morgan fingerprint density at radius 2 is 2.12 bits per heavy atom. The lowest BCUT2D eigenvalue weighted by Gasteiger charge is -2.25. The van der Waals surface area contributed by atoms with E-state index >= 15 is 0 Å². The summed E-state index contributed by atoms with van der Waals surface area (Å²) < 4.78 is 0. The maximum atomic E-state index is 12.2. The van der Waals surface area contributed by atoms with E-state index in [-0.39, 0.29) is 11.9 Å². The summed E-state index contributed by atoms with van der Waals surface area (Å²) in [5, 5.41) is 0. The molecule has 0 aromatic heterocycles. The normalized spacial score (nSPS) is 22.0. The first-order chi connectivity index (χ1) is 7.96. The SMILES string of the molecule is CSCC[C@@H](N)C(=O)N1CCCC(C)(C)CC1. The predicted octanol–water partition coefficient (Wildman–Crippen LogP) is 2.11. The topological polar surface area (TPSA) is 46.3 Å². The molecule has 0 unspecified atom stereocenters. The van der Waals surface area contributed by atoms with E-state index in [1.165, 1.54) is 6.42 Å². The molecule has 0 aromatic rings. The van der Waals surface area contributed by atoms with Crippen LogP contribution in [0.25, 0.3) is 0 Å². The van der Waals surface area contributed by atoms with E-state index in [4.69, 9.17) is 5.73 Å². The number of amides is 1. The van der Waals surface area contributed by atoms with Gasteiger partial charge < -0.3 is 10.6 Å². The van der Waals surface area contributed by atoms with Gasteiger partial charge in [0.2, 0.25) is 5.91 Å². The van der Waals surface area contributed by atoms with Crippen molar-refractivity contribution < 1.29 is 4.79 Å². The Morgan fingerprint density at radius 1 is 1.41 bits per heavy atom. The third-order valence-corrected chi connectivity index (χ3v) is 4.25. The van der Waals surface area contributed by atoms with Gasteiger partial charge in [-0.15, -0.1) is 0 Å². The average Bonchev–Trinajstić information content (AvgIpc) is 2.46. The van der Waals surface area contributed by atoms with Crippen LogP contribution in [0.4, 0.5) is 0 Å². The number of nitrogens with zero attached hydrogens (tertiary/aromatic N) is 1. The number of likely N-dealkylation sites (tertiary alicyclic amines) is 1. The Bertz CT molecular complexity index is 256. The molecule has 4 heteroatoms. The summed E-state index contributed by atoms with van der Waals surface area (Å²) in [6.45, 7) is 6.33. The highest BCUT2D eigenvalue weighted by atomic mass is 32.2. The van der Waals surface area contributed by atoms with Gasteiger partial charge in [0.15, 0.2) is 0 Å². The fourth-order valence-electron chi connectivity index (χ4n) is 2.25. The quantitative estimate of drug-likeness (QED) is 0.840. The van der Waals surface area contributed by atoms with Crippen molar-refractivity contribution in [3.63, 3.8) is 0 Å². The summed E-state index contributed by atoms with van der Waals surface area (Å²) in [6, 6.07) is -0.302. The van der Waals surface area contributed by atoms with Crippen LogP contribution in [0.2, 0.25) is 0 Å². The Hall–Kier alpha value is -0.220. The smallest absolute Gasteiger partial charge is 0.239 e. The van der Waals surface area contributed by atoms with Crippen molar-refractivity contribution in [2.45, 2.75) is 45.6 Å². The third kappa shape index (κ3) is 4.88. The molecule has 100 valence electrons. The second-order valence-corrected chi connectivity index (χ2v) is 6.72. The molecule has 1 saturated heterocycles. The molecule has 0 radical (unpaired) electrons. The molecule has 0 bridgehead atoms. The van der Waals surface area contributed by atoms with Crippen LogP contribution in [-0.4, -0.2) is 41.9 Å². The second kappa shape index (κ2) is 6.64. The molecule has 0 aromatic carbocycles. The minimum atomic E-state index is -0.302. The van der Waals surface area contributed by atoms with E-state index < -0.39 is 0 Å². The van der Waals surface area contributed by atoms with Crippen molar-refractivity contribution in [1.29, 1.82) is 0 Å². The largest absolute Gasteiger partial charge is 0.341 e. The number of carbonyl (C=O) groups is 1. The van der Waals surface area contributed by atoms with Crippen molar-refractivity contribution >= 4 is 17.7 Å². The van der Waals surface area contributed by atoms with E-state index in [2.05, 4.69) is 13.8 Å². The Morgan fingerprint density at radius 3 is 2.76 bits per heavy atom. The highest BCUT2D eigenvalue weighted by molar-refractivity contribution is 7.98. The number of hydrogen-bond donors (Lipinski definition) is 1. The van der Waals surface area contributed by atoms with Crippen LogP contribution >= 0.6 is 11.8 Å². The van der Waals surface area contributed by atoms with Gasteiger partial charge in [0.05, 0.1) is 6.04 Å². The third-order valence-electron chi connectivity index (χ3n) is 3.60. The van der Waals surface area contributed by atoms with Crippen LogP contribution < -0.4 is 5.73 Å². The zero-order chi connectivity index (χ0) is 12.9. The van der Waals surface area contributed by atoms with Gasteiger partial charge in [-0.1, -0.05) is 13.8 Å². The molecule has 0 aliphatic carbocycles. The fraction of sp³-hybridized carbons (Fsp3) is 0.923. The van der Waals surface area contributed by atoms with Crippen LogP contribution in [0.3, 0.4) is 0 Å². The average molecular weight is 258 g/mol. The van der Waals surface area contributed by atoms with Crippen molar-refractivity contribution in [2.75, 3.05) is 25.1 Å². The van der Waals surface area contributed by atoms with Gasteiger partial charge in [0, 0.05) is 13.1 Å². The molecule has 1 rings (SSSR count). The van der Waals surface area contributed by atoms with Gasteiger partial charge in [-0.2, -0.15) is 11.8 Å². The minimum absolute atomic E-state index is 0.150. The van der Waals surface area contributed by atoms with Crippen molar-refractivity contribution in [2.24, 2.45) is 11.1 Å². The lowest BCUT2D eigenvalue weighted by atomic mass is 9.85. The lowest BCUT2D eigenvalue weighted by Crippen LogP contribution is -2.44. The molecular weight excluding hydrogens is 232 g/mol. The summed E-state index contributed by atoms with van der Waals surface area (Å²) in [4.78, 5) is 14.1. The van der Waals surface area contributed by atoms with Crippen LogP contribution in [0.15, 0.2) is 0 Å². The monoisotopic (exact) mass is 258 g/mol. The number of nitrogens with two attached hydrogens (primary N) is 1. The van der Waals surface area contributed by atoms with Crippen LogP contribution in [0, 0.1) is 5.41 Å². The van der Waals surface area contributed by atoms with Crippen molar-refractivity contribution in [3.8, 4) is 0 Å².